The van der Waals surface area contributed by atoms with Gasteiger partial charge in [0.15, 0.2) is 11.4 Å². The second kappa shape index (κ2) is 6.49. The van der Waals surface area contributed by atoms with Gasteiger partial charge in [-0.15, -0.1) is 0 Å². The number of pyridine rings is 1. The smallest absolute Gasteiger partial charge is 0.180 e. The number of imidazole rings is 1. The summed E-state index contributed by atoms with van der Waals surface area (Å²) in [6.07, 6.45) is 3.93. The lowest BCUT2D eigenvalue weighted by Gasteiger charge is -2.08. The molecule has 25 heavy (non-hydrogen) atoms. The minimum atomic E-state index is 0.392. The zero-order chi connectivity index (χ0) is 17.2. The van der Waals surface area contributed by atoms with Gasteiger partial charge in [0.2, 0.25) is 0 Å². The van der Waals surface area contributed by atoms with E-state index in [9.17, 15) is 0 Å². The molecule has 4 aromatic rings. The SMILES string of the molecule is Nc1ccc(-c2cn3cccc(OCc4ccccc4Cl)c3n2)cc1. The Bertz CT molecular complexity index is 1020. The summed E-state index contributed by atoms with van der Waals surface area (Å²) in [7, 11) is 0. The number of halogens is 1. The first kappa shape index (κ1) is 15.5. The number of ether oxygens (including phenoxy) is 1. The van der Waals surface area contributed by atoms with Gasteiger partial charge in [0.05, 0.1) is 5.69 Å². The molecule has 0 fully saturated rings. The highest BCUT2D eigenvalue weighted by Crippen LogP contribution is 2.26. The van der Waals surface area contributed by atoms with Gasteiger partial charge in [0.1, 0.15) is 6.61 Å². The summed E-state index contributed by atoms with van der Waals surface area (Å²) in [5, 5.41) is 0.695. The summed E-state index contributed by atoms with van der Waals surface area (Å²) < 4.78 is 7.92. The van der Waals surface area contributed by atoms with Crippen LogP contribution in [0.4, 0.5) is 5.69 Å². The van der Waals surface area contributed by atoms with Crippen molar-refractivity contribution in [1.82, 2.24) is 9.38 Å². The quantitative estimate of drug-likeness (QED) is 0.537. The molecule has 0 spiro atoms. The molecule has 2 N–H and O–H groups in total. The van der Waals surface area contributed by atoms with Gasteiger partial charge in [-0.2, -0.15) is 0 Å². The third-order valence-electron chi connectivity index (χ3n) is 3.99. The largest absolute Gasteiger partial charge is 0.485 e. The highest BCUT2D eigenvalue weighted by molar-refractivity contribution is 6.31. The number of rotatable bonds is 4. The van der Waals surface area contributed by atoms with Crippen molar-refractivity contribution < 1.29 is 4.74 Å². The Morgan fingerprint density at radius 3 is 2.60 bits per heavy atom. The van der Waals surface area contributed by atoms with Crippen molar-refractivity contribution in [1.29, 1.82) is 0 Å². The van der Waals surface area contributed by atoms with Crippen LogP contribution < -0.4 is 10.5 Å². The summed E-state index contributed by atoms with van der Waals surface area (Å²) in [5.74, 6) is 0.712. The molecule has 0 aliphatic rings. The maximum absolute atomic E-state index is 6.19. The Labute approximate surface area is 150 Å². The molecule has 0 aliphatic heterocycles. The second-order valence-electron chi connectivity index (χ2n) is 5.73. The maximum Gasteiger partial charge on any atom is 0.180 e. The summed E-state index contributed by atoms with van der Waals surface area (Å²) in [6.45, 7) is 0.392. The van der Waals surface area contributed by atoms with Gasteiger partial charge >= 0.3 is 0 Å². The van der Waals surface area contributed by atoms with Crippen molar-refractivity contribution in [3.05, 3.63) is 83.6 Å². The van der Waals surface area contributed by atoms with Crippen LogP contribution in [0.15, 0.2) is 73.1 Å². The number of anilines is 1. The standard InChI is InChI=1S/C20H16ClN3O/c21-17-5-2-1-4-15(17)13-25-19-6-3-11-24-12-18(23-20(19)24)14-7-9-16(22)10-8-14/h1-12H,13,22H2. The van der Waals surface area contributed by atoms with Crippen LogP contribution in [0.1, 0.15) is 5.56 Å². The lowest BCUT2D eigenvalue weighted by molar-refractivity contribution is 0.308. The van der Waals surface area contributed by atoms with Crippen LogP contribution in [0.3, 0.4) is 0 Å². The number of fused-ring (bicyclic) bond motifs is 1. The van der Waals surface area contributed by atoms with E-state index in [1.807, 2.05) is 77.5 Å². The van der Waals surface area contributed by atoms with Crippen molar-refractivity contribution in [3.8, 4) is 17.0 Å². The monoisotopic (exact) mass is 349 g/mol. The summed E-state index contributed by atoms with van der Waals surface area (Å²) in [6, 6.07) is 19.2. The molecule has 0 aliphatic carbocycles. The predicted molar refractivity (Wildman–Crippen MR) is 101 cm³/mol. The van der Waals surface area contributed by atoms with Gasteiger partial charge in [0, 0.05) is 34.2 Å². The van der Waals surface area contributed by atoms with Gasteiger partial charge < -0.3 is 14.9 Å². The van der Waals surface area contributed by atoms with Crippen LogP contribution in [-0.4, -0.2) is 9.38 Å². The van der Waals surface area contributed by atoms with E-state index < -0.39 is 0 Å². The third kappa shape index (κ3) is 3.16. The van der Waals surface area contributed by atoms with Crippen LogP contribution in [0.2, 0.25) is 5.02 Å². The lowest BCUT2D eigenvalue weighted by Crippen LogP contribution is -1.98. The van der Waals surface area contributed by atoms with E-state index in [0.717, 1.165) is 28.2 Å². The fourth-order valence-corrected chi connectivity index (χ4v) is 2.85. The Hall–Kier alpha value is -2.98. The van der Waals surface area contributed by atoms with Crippen molar-refractivity contribution in [2.75, 3.05) is 5.73 Å². The first-order valence-electron chi connectivity index (χ1n) is 7.90. The molecule has 0 saturated carbocycles. The van der Waals surface area contributed by atoms with E-state index in [0.29, 0.717) is 17.4 Å². The number of nitrogens with zero attached hydrogens (tertiary/aromatic N) is 2. The molecule has 0 unspecified atom stereocenters. The van der Waals surface area contributed by atoms with Crippen LogP contribution in [0.25, 0.3) is 16.9 Å². The second-order valence-corrected chi connectivity index (χ2v) is 6.14. The van der Waals surface area contributed by atoms with Crippen molar-refractivity contribution in [3.63, 3.8) is 0 Å². The van der Waals surface area contributed by atoms with Crippen molar-refractivity contribution in [2.24, 2.45) is 0 Å². The highest BCUT2D eigenvalue weighted by atomic mass is 35.5. The third-order valence-corrected chi connectivity index (χ3v) is 4.36. The molecule has 0 amide bonds. The van der Waals surface area contributed by atoms with Crippen LogP contribution in [0.5, 0.6) is 5.75 Å². The number of nitrogen functional groups attached to an aromatic ring is 1. The van der Waals surface area contributed by atoms with E-state index >= 15 is 0 Å². The molecule has 2 aromatic carbocycles. The fraction of sp³-hybridized carbons (Fsp3) is 0.0500. The predicted octanol–water partition coefficient (Wildman–Crippen LogP) is 4.82. The van der Waals surface area contributed by atoms with Crippen LogP contribution in [-0.2, 0) is 6.61 Å². The van der Waals surface area contributed by atoms with Crippen LogP contribution >= 0.6 is 11.6 Å². The summed E-state index contributed by atoms with van der Waals surface area (Å²) in [5.41, 5.74) is 10.1. The Balaban J connectivity index is 1.66. The minimum absolute atomic E-state index is 0.392. The van der Waals surface area contributed by atoms with Crippen LogP contribution in [0, 0.1) is 0 Å². The summed E-state index contributed by atoms with van der Waals surface area (Å²) >= 11 is 6.19. The fourth-order valence-electron chi connectivity index (χ4n) is 2.66. The lowest BCUT2D eigenvalue weighted by atomic mass is 10.1. The molecule has 2 heterocycles. The normalized spacial score (nSPS) is 10.9. The van der Waals surface area contributed by atoms with Gasteiger partial charge in [-0.05, 0) is 30.3 Å². The van der Waals surface area contributed by atoms with E-state index in [2.05, 4.69) is 0 Å². The molecular weight excluding hydrogens is 334 g/mol. The van der Waals surface area contributed by atoms with E-state index in [4.69, 9.17) is 27.1 Å². The number of hydrogen-bond donors (Lipinski definition) is 1. The molecule has 124 valence electrons. The van der Waals surface area contributed by atoms with E-state index in [-0.39, 0.29) is 0 Å². The molecule has 0 atom stereocenters. The molecular formula is C20H16ClN3O. The Morgan fingerprint density at radius 1 is 1.00 bits per heavy atom. The zero-order valence-electron chi connectivity index (χ0n) is 13.4. The first-order valence-corrected chi connectivity index (χ1v) is 8.28. The molecule has 5 heteroatoms. The highest BCUT2D eigenvalue weighted by Gasteiger charge is 2.10. The molecule has 0 saturated heterocycles. The minimum Gasteiger partial charge on any atom is -0.485 e. The molecule has 4 nitrogen and oxygen atoms in total. The maximum atomic E-state index is 6.19. The Morgan fingerprint density at radius 2 is 1.80 bits per heavy atom. The van der Waals surface area contributed by atoms with Gasteiger partial charge in [0.25, 0.3) is 0 Å². The van der Waals surface area contributed by atoms with Crippen molar-refractivity contribution >= 4 is 22.9 Å². The zero-order valence-corrected chi connectivity index (χ0v) is 14.1. The van der Waals surface area contributed by atoms with Gasteiger partial charge in [-0.25, -0.2) is 4.98 Å². The number of nitrogens with two attached hydrogens (primary N) is 1. The van der Waals surface area contributed by atoms with E-state index in [1.165, 1.54) is 0 Å². The molecule has 2 aromatic heterocycles. The molecule has 0 radical (unpaired) electrons. The van der Waals surface area contributed by atoms with E-state index in [1.54, 1.807) is 0 Å². The molecule has 0 bridgehead atoms. The average molecular weight is 350 g/mol. The molecule has 4 rings (SSSR count). The number of aromatic nitrogens is 2. The van der Waals surface area contributed by atoms with Gasteiger partial charge in [-0.1, -0.05) is 41.9 Å². The Kier molecular flexibility index (Phi) is 4.04. The number of benzene rings is 2. The van der Waals surface area contributed by atoms with Crippen molar-refractivity contribution in [2.45, 2.75) is 6.61 Å². The first-order chi connectivity index (χ1) is 12.2. The average Bonchev–Trinajstić information content (AvgIpc) is 3.06. The number of hydrogen-bond acceptors (Lipinski definition) is 3. The summed E-state index contributed by atoms with van der Waals surface area (Å²) in [4.78, 5) is 4.71. The van der Waals surface area contributed by atoms with Gasteiger partial charge in [-0.3, -0.25) is 0 Å². The topological polar surface area (TPSA) is 52.5 Å².